The number of hydrogen-bond donors (Lipinski definition) is 0. The van der Waals surface area contributed by atoms with Gasteiger partial charge in [-0.3, -0.25) is 19.5 Å². The summed E-state index contributed by atoms with van der Waals surface area (Å²) in [6.45, 7) is 7.24. The maximum Gasteiger partial charge on any atom is 0.409 e. The van der Waals surface area contributed by atoms with E-state index in [0.717, 1.165) is 69.7 Å². The SMILES string of the molecule is CCN1CCc2cc(OC)c(OC)cc2C1C1CC(C(=O)N2CCN(c3ncnc4c3cnn4Cc3ccncc3)CC2)CCC12c1cc(OC)c(OC)cc1CCN2C(=O)CCN(C)C(=O)OCc1ccccc1. The third-order valence-corrected chi connectivity index (χ3v) is 16.2. The topological polar surface area (TPSA) is 170 Å². The lowest BCUT2D eigenvalue weighted by Gasteiger charge is -2.59. The van der Waals surface area contributed by atoms with Crippen molar-refractivity contribution in [1.82, 2.24) is 44.3 Å². The van der Waals surface area contributed by atoms with Crippen molar-refractivity contribution in [3.05, 3.63) is 125 Å². The number of carbonyl (C=O) groups is 3. The molecule has 75 heavy (non-hydrogen) atoms. The van der Waals surface area contributed by atoms with Crippen molar-refractivity contribution in [1.29, 1.82) is 0 Å². The van der Waals surface area contributed by atoms with Crippen LogP contribution >= 0.6 is 0 Å². The van der Waals surface area contributed by atoms with Gasteiger partial charge in [0.05, 0.1) is 52.1 Å². The second kappa shape index (κ2) is 22.2. The zero-order valence-corrected chi connectivity index (χ0v) is 43.9. The number of amides is 3. The summed E-state index contributed by atoms with van der Waals surface area (Å²) in [7, 11) is 8.28. The lowest BCUT2D eigenvalue weighted by Crippen LogP contribution is -2.63. The molecule has 0 bridgehead atoms. The summed E-state index contributed by atoms with van der Waals surface area (Å²) < 4.78 is 31.4. The second-order valence-electron chi connectivity index (χ2n) is 20.0. The molecular weight excluding hydrogens is 953 g/mol. The quantitative estimate of drug-likeness (QED) is 0.104. The third-order valence-electron chi connectivity index (χ3n) is 16.2. The molecule has 6 heterocycles. The van der Waals surface area contributed by atoms with Gasteiger partial charge in [-0.2, -0.15) is 5.10 Å². The Hall–Kier alpha value is -7.47. The van der Waals surface area contributed by atoms with E-state index < -0.39 is 11.6 Å². The molecule has 2 fully saturated rings. The van der Waals surface area contributed by atoms with E-state index in [9.17, 15) is 4.79 Å². The maximum absolute atomic E-state index is 15.4. The molecule has 4 atom stereocenters. The highest BCUT2D eigenvalue weighted by molar-refractivity contribution is 5.87. The summed E-state index contributed by atoms with van der Waals surface area (Å²) in [6.07, 6.45) is 9.53. The van der Waals surface area contributed by atoms with E-state index in [1.807, 2.05) is 58.2 Å². The summed E-state index contributed by atoms with van der Waals surface area (Å²) >= 11 is 0. The van der Waals surface area contributed by atoms with Crippen molar-refractivity contribution in [2.45, 2.75) is 70.2 Å². The Bertz CT molecular complexity index is 3000. The number of pyridine rings is 1. The van der Waals surface area contributed by atoms with Crippen LogP contribution in [0.3, 0.4) is 0 Å². The van der Waals surface area contributed by atoms with Gasteiger partial charge < -0.3 is 43.3 Å². The Morgan fingerprint density at radius 3 is 2.20 bits per heavy atom. The third kappa shape index (κ3) is 9.87. The number of benzene rings is 3. The van der Waals surface area contributed by atoms with Gasteiger partial charge in [-0.05, 0) is 108 Å². The number of likely N-dealkylation sites (N-methyl/N-ethyl adjacent to an activating group) is 1. The van der Waals surface area contributed by atoms with Gasteiger partial charge in [0, 0.05) is 89.6 Å². The van der Waals surface area contributed by atoms with Crippen LogP contribution in [-0.2, 0) is 45.9 Å². The summed E-state index contributed by atoms with van der Waals surface area (Å²) in [6, 6.07) is 21.6. The van der Waals surface area contributed by atoms with Crippen LogP contribution in [0.2, 0.25) is 0 Å². The second-order valence-corrected chi connectivity index (χ2v) is 20.0. The number of hydrogen-bond acceptors (Lipinski definition) is 14. The van der Waals surface area contributed by atoms with Crippen molar-refractivity contribution in [3.63, 3.8) is 0 Å². The molecule has 1 saturated carbocycles. The molecule has 3 aliphatic heterocycles. The van der Waals surface area contributed by atoms with E-state index in [-0.39, 0.29) is 49.3 Å². The van der Waals surface area contributed by atoms with E-state index >= 15 is 9.59 Å². The molecule has 18 nitrogen and oxygen atoms in total. The van der Waals surface area contributed by atoms with Crippen LogP contribution in [-0.4, -0.2) is 150 Å². The molecule has 6 aromatic rings. The molecule has 1 spiro atoms. The minimum Gasteiger partial charge on any atom is -0.493 e. The molecule has 4 unspecified atom stereocenters. The highest BCUT2D eigenvalue weighted by atomic mass is 16.6. The average molecular weight is 1020 g/mol. The molecule has 10 rings (SSSR count). The standard InChI is InChI=1S/C57H68N10O8/c1-7-63-23-16-40-30-47(71-3)49(73-5)32-43(40)52(63)46-29-42(55(69)65-27-25-64(26-28-65)53-44-34-61-67(54(44)60-37-59-53)35-38-14-20-58-21-15-38)13-19-57(46)45-33-50(74-6)48(72-4)31-41(45)17-24-66(57)51(68)18-22-62(2)56(70)75-36-39-11-9-8-10-12-39/h8-12,14-15,20-21,30-34,37,42,46,52H,7,13,16-19,22-29,35-36H2,1-6H3. The summed E-state index contributed by atoms with van der Waals surface area (Å²) in [4.78, 5) is 67.9. The molecule has 3 aromatic heterocycles. The van der Waals surface area contributed by atoms with E-state index in [0.29, 0.717) is 87.9 Å². The molecule has 1 saturated heterocycles. The number of carbonyl (C=O) groups excluding carboxylic acids is 3. The molecule has 3 amide bonds. The lowest BCUT2D eigenvalue weighted by molar-refractivity contribution is -0.153. The summed E-state index contributed by atoms with van der Waals surface area (Å²) in [5, 5.41) is 5.56. The zero-order chi connectivity index (χ0) is 52.2. The number of piperazine rings is 1. The van der Waals surface area contributed by atoms with Crippen LogP contribution in [0.15, 0.2) is 91.6 Å². The van der Waals surface area contributed by atoms with E-state index in [1.165, 1.54) is 4.90 Å². The Kier molecular flexibility index (Phi) is 15.1. The Balaban J connectivity index is 0.984. The van der Waals surface area contributed by atoms with Gasteiger partial charge in [0.1, 0.15) is 18.8 Å². The Labute approximate surface area is 438 Å². The maximum atomic E-state index is 15.4. The van der Waals surface area contributed by atoms with Crippen LogP contribution in [0.25, 0.3) is 11.0 Å². The first kappa shape index (κ1) is 51.0. The summed E-state index contributed by atoms with van der Waals surface area (Å²) in [5.41, 5.74) is 6.15. The van der Waals surface area contributed by atoms with E-state index in [1.54, 1.807) is 54.2 Å². The minimum atomic E-state index is -0.897. The van der Waals surface area contributed by atoms with Crippen molar-refractivity contribution in [2.24, 2.45) is 11.8 Å². The van der Waals surface area contributed by atoms with Crippen LogP contribution < -0.4 is 23.8 Å². The molecule has 0 radical (unpaired) electrons. The van der Waals surface area contributed by atoms with E-state index in [4.69, 9.17) is 33.8 Å². The van der Waals surface area contributed by atoms with E-state index in [2.05, 4.69) is 55.9 Å². The smallest absolute Gasteiger partial charge is 0.409 e. The van der Waals surface area contributed by atoms with Crippen LogP contribution in [0.5, 0.6) is 23.0 Å². The number of ether oxygens (including phenoxy) is 5. The molecule has 3 aromatic carbocycles. The monoisotopic (exact) mass is 1020 g/mol. The fraction of sp³-hybridized carbons (Fsp3) is 0.456. The Morgan fingerprint density at radius 1 is 0.787 bits per heavy atom. The fourth-order valence-electron chi connectivity index (χ4n) is 12.4. The van der Waals surface area contributed by atoms with Gasteiger partial charge in [0.25, 0.3) is 0 Å². The van der Waals surface area contributed by atoms with Crippen LogP contribution in [0.4, 0.5) is 10.6 Å². The number of aromatic nitrogens is 5. The normalized spacial score (nSPS) is 20.6. The highest BCUT2D eigenvalue weighted by Gasteiger charge is 2.58. The molecule has 18 heteroatoms. The van der Waals surface area contributed by atoms with Crippen molar-refractivity contribution < 1.29 is 38.1 Å². The molecule has 394 valence electrons. The predicted octanol–water partition coefficient (Wildman–Crippen LogP) is 6.93. The molecule has 0 N–H and O–H groups in total. The number of nitrogens with zero attached hydrogens (tertiary/aromatic N) is 10. The van der Waals surface area contributed by atoms with Gasteiger partial charge in [-0.15, -0.1) is 0 Å². The fourth-order valence-corrected chi connectivity index (χ4v) is 12.4. The molecule has 4 aliphatic rings. The van der Waals surface area contributed by atoms with Gasteiger partial charge in [-0.25, -0.2) is 19.4 Å². The highest BCUT2D eigenvalue weighted by Crippen LogP contribution is 2.59. The summed E-state index contributed by atoms with van der Waals surface area (Å²) in [5.74, 6) is 2.72. The van der Waals surface area contributed by atoms with Crippen LogP contribution in [0.1, 0.15) is 72.0 Å². The molecular formula is C57H68N10O8. The van der Waals surface area contributed by atoms with Gasteiger partial charge >= 0.3 is 6.09 Å². The molecule has 1 aliphatic carbocycles. The minimum absolute atomic E-state index is 0.0721. The first-order valence-electron chi connectivity index (χ1n) is 26.1. The van der Waals surface area contributed by atoms with Crippen LogP contribution in [0, 0.1) is 11.8 Å². The van der Waals surface area contributed by atoms with Gasteiger partial charge in [-0.1, -0.05) is 37.3 Å². The number of anilines is 1. The first-order chi connectivity index (χ1) is 36.6. The van der Waals surface area contributed by atoms with Crippen molar-refractivity contribution >= 4 is 34.8 Å². The van der Waals surface area contributed by atoms with Crippen molar-refractivity contribution in [3.8, 4) is 23.0 Å². The number of rotatable bonds is 15. The lowest BCUT2D eigenvalue weighted by atomic mass is 9.58. The first-order valence-corrected chi connectivity index (χ1v) is 26.1. The zero-order valence-electron chi connectivity index (χ0n) is 43.9. The van der Waals surface area contributed by atoms with Gasteiger partial charge in [0.15, 0.2) is 28.6 Å². The average Bonchev–Trinajstić information content (AvgIpc) is 3.87. The van der Waals surface area contributed by atoms with Crippen molar-refractivity contribution in [2.75, 3.05) is 92.7 Å². The Morgan fingerprint density at radius 2 is 1.48 bits per heavy atom. The number of methoxy groups -OCH3 is 4. The largest absolute Gasteiger partial charge is 0.493 e. The number of fused-ring (bicyclic) bond motifs is 4. The van der Waals surface area contributed by atoms with Gasteiger partial charge in [0.2, 0.25) is 11.8 Å². The predicted molar refractivity (Wildman–Crippen MR) is 282 cm³/mol.